The standard InChI is InChI=1S/C19H25NOS/c1-3-11-20(19-8-5-12-22-19)14(2)15-9-10-17-16(13-15)6-4-7-18(17)21/h4-8,12,14-15,21H,3,9-11,13H2,1-2H3. The Morgan fingerprint density at radius 2 is 2.18 bits per heavy atom. The molecule has 0 radical (unpaired) electrons. The predicted molar refractivity (Wildman–Crippen MR) is 95.0 cm³/mol. The van der Waals surface area contributed by atoms with Gasteiger partial charge in [0.05, 0.1) is 5.00 Å². The maximum atomic E-state index is 10.0. The summed E-state index contributed by atoms with van der Waals surface area (Å²) in [6, 6.07) is 10.9. The fraction of sp³-hybridized carbons (Fsp3) is 0.474. The Morgan fingerprint density at radius 1 is 1.32 bits per heavy atom. The Hall–Kier alpha value is -1.48. The van der Waals surface area contributed by atoms with Crippen molar-refractivity contribution in [3.05, 3.63) is 46.8 Å². The molecule has 1 aromatic heterocycles. The molecule has 118 valence electrons. The van der Waals surface area contributed by atoms with Crippen molar-refractivity contribution in [2.24, 2.45) is 5.92 Å². The number of hydrogen-bond acceptors (Lipinski definition) is 3. The third-order valence-electron chi connectivity index (χ3n) is 4.92. The lowest BCUT2D eigenvalue weighted by atomic mass is 9.79. The van der Waals surface area contributed by atoms with E-state index in [2.05, 4.69) is 42.3 Å². The van der Waals surface area contributed by atoms with Crippen molar-refractivity contribution in [3.63, 3.8) is 0 Å². The number of phenolic OH excluding ortho intramolecular Hbond substituents is 1. The zero-order valence-electron chi connectivity index (χ0n) is 13.5. The van der Waals surface area contributed by atoms with E-state index in [0.29, 0.717) is 17.7 Å². The number of aromatic hydroxyl groups is 1. The summed E-state index contributed by atoms with van der Waals surface area (Å²) in [4.78, 5) is 2.57. The van der Waals surface area contributed by atoms with Gasteiger partial charge < -0.3 is 10.0 Å². The van der Waals surface area contributed by atoms with Gasteiger partial charge in [0.25, 0.3) is 0 Å². The van der Waals surface area contributed by atoms with E-state index < -0.39 is 0 Å². The molecular weight excluding hydrogens is 290 g/mol. The van der Waals surface area contributed by atoms with Crippen molar-refractivity contribution in [1.82, 2.24) is 0 Å². The SMILES string of the molecule is CCCN(c1cccs1)C(C)C1CCc2c(O)cccc2C1. The number of phenols is 1. The van der Waals surface area contributed by atoms with Crippen LogP contribution < -0.4 is 4.90 Å². The van der Waals surface area contributed by atoms with E-state index in [-0.39, 0.29) is 0 Å². The maximum absolute atomic E-state index is 10.0. The van der Waals surface area contributed by atoms with Gasteiger partial charge in [0.15, 0.2) is 0 Å². The van der Waals surface area contributed by atoms with E-state index in [9.17, 15) is 5.11 Å². The smallest absolute Gasteiger partial charge is 0.119 e. The molecule has 1 heterocycles. The van der Waals surface area contributed by atoms with Crippen LogP contribution in [0.1, 0.15) is 37.8 Å². The molecule has 2 atom stereocenters. The van der Waals surface area contributed by atoms with Gasteiger partial charge in [-0.15, -0.1) is 11.3 Å². The number of benzene rings is 1. The van der Waals surface area contributed by atoms with Crippen LogP contribution in [0.5, 0.6) is 5.75 Å². The fourth-order valence-corrected chi connectivity index (χ4v) is 4.52. The van der Waals surface area contributed by atoms with E-state index in [0.717, 1.165) is 25.8 Å². The van der Waals surface area contributed by atoms with Crippen LogP contribution in [0.2, 0.25) is 0 Å². The Morgan fingerprint density at radius 3 is 2.91 bits per heavy atom. The van der Waals surface area contributed by atoms with E-state index >= 15 is 0 Å². The highest BCUT2D eigenvalue weighted by molar-refractivity contribution is 7.14. The molecule has 0 spiro atoms. The van der Waals surface area contributed by atoms with Gasteiger partial charge in [-0.05, 0) is 73.2 Å². The lowest BCUT2D eigenvalue weighted by molar-refractivity contribution is 0.366. The average molecular weight is 315 g/mol. The summed E-state index contributed by atoms with van der Waals surface area (Å²) in [7, 11) is 0. The zero-order chi connectivity index (χ0) is 15.5. The second-order valence-electron chi connectivity index (χ2n) is 6.30. The largest absolute Gasteiger partial charge is 0.508 e. The molecule has 0 aliphatic heterocycles. The van der Waals surface area contributed by atoms with Crippen molar-refractivity contribution in [2.75, 3.05) is 11.4 Å². The van der Waals surface area contributed by atoms with Gasteiger partial charge >= 0.3 is 0 Å². The molecule has 0 amide bonds. The molecule has 1 aromatic carbocycles. The Balaban J connectivity index is 1.79. The monoisotopic (exact) mass is 315 g/mol. The molecule has 0 fully saturated rings. The van der Waals surface area contributed by atoms with Crippen molar-refractivity contribution in [2.45, 2.75) is 45.6 Å². The second kappa shape index (κ2) is 6.74. The number of fused-ring (bicyclic) bond motifs is 1. The number of rotatable bonds is 5. The van der Waals surface area contributed by atoms with Crippen molar-refractivity contribution < 1.29 is 5.11 Å². The first-order valence-corrected chi connectivity index (χ1v) is 9.18. The van der Waals surface area contributed by atoms with Crippen LogP contribution in [-0.2, 0) is 12.8 Å². The van der Waals surface area contributed by atoms with E-state index in [4.69, 9.17) is 0 Å². The maximum Gasteiger partial charge on any atom is 0.119 e. The summed E-state index contributed by atoms with van der Waals surface area (Å²) in [6.07, 6.45) is 4.42. The third kappa shape index (κ3) is 3.00. The summed E-state index contributed by atoms with van der Waals surface area (Å²) in [5.41, 5.74) is 2.51. The number of nitrogens with zero attached hydrogens (tertiary/aromatic N) is 1. The molecule has 1 N–H and O–H groups in total. The summed E-state index contributed by atoms with van der Waals surface area (Å²) in [6.45, 7) is 5.74. The van der Waals surface area contributed by atoms with Crippen molar-refractivity contribution in [1.29, 1.82) is 0 Å². The first-order chi connectivity index (χ1) is 10.7. The first-order valence-electron chi connectivity index (χ1n) is 8.30. The number of anilines is 1. The topological polar surface area (TPSA) is 23.5 Å². The van der Waals surface area contributed by atoms with Gasteiger partial charge in [-0.2, -0.15) is 0 Å². The second-order valence-corrected chi connectivity index (χ2v) is 7.23. The molecule has 1 aliphatic carbocycles. The van der Waals surface area contributed by atoms with Gasteiger partial charge in [0, 0.05) is 12.6 Å². The minimum absolute atomic E-state index is 0.479. The predicted octanol–water partition coefficient (Wildman–Crippen LogP) is 4.86. The highest BCUT2D eigenvalue weighted by Gasteiger charge is 2.28. The Labute approximate surface area is 137 Å². The molecule has 3 heteroatoms. The molecule has 22 heavy (non-hydrogen) atoms. The highest BCUT2D eigenvalue weighted by atomic mass is 32.1. The lowest BCUT2D eigenvalue weighted by Gasteiger charge is -2.38. The van der Waals surface area contributed by atoms with Crippen LogP contribution in [0.25, 0.3) is 0 Å². The van der Waals surface area contributed by atoms with Crippen molar-refractivity contribution >= 4 is 16.3 Å². The van der Waals surface area contributed by atoms with Crippen LogP contribution in [-0.4, -0.2) is 17.7 Å². The number of hydrogen-bond donors (Lipinski definition) is 1. The summed E-state index contributed by atoms with van der Waals surface area (Å²) in [5.74, 6) is 1.13. The molecule has 2 unspecified atom stereocenters. The minimum atomic E-state index is 0.479. The van der Waals surface area contributed by atoms with Crippen LogP contribution >= 0.6 is 11.3 Å². The molecule has 0 bridgehead atoms. The van der Waals surface area contributed by atoms with E-state index in [1.807, 2.05) is 23.5 Å². The van der Waals surface area contributed by atoms with Gasteiger partial charge in [-0.1, -0.05) is 19.1 Å². The van der Waals surface area contributed by atoms with Crippen molar-refractivity contribution in [3.8, 4) is 5.75 Å². The normalized spacial score (nSPS) is 18.7. The van der Waals surface area contributed by atoms with Gasteiger partial charge in [-0.25, -0.2) is 0 Å². The third-order valence-corrected chi connectivity index (χ3v) is 5.83. The van der Waals surface area contributed by atoms with Gasteiger partial charge in [0.2, 0.25) is 0 Å². The van der Waals surface area contributed by atoms with Crippen LogP contribution in [0.3, 0.4) is 0 Å². The molecule has 2 nitrogen and oxygen atoms in total. The molecule has 0 saturated carbocycles. The summed E-state index contributed by atoms with van der Waals surface area (Å²) >= 11 is 1.84. The quantitative estimate of drug-likeness (QED) is 0.851. The molecule has 1 aliphatic rings. The molecule has 2 aromatic rings. The first kappa shape index (κ1) is 15.4. The van der Waals surface area contributed by atoms with Gasteiger partial charge in [0.1, 0.15) is 5.75 Å². The van der Waals surface area contributed by atoms with Crippen LogP contribution in [0.4, 0.5) is 5.00 Å². The van der Waals surface area contributed by atoms with Crippen LogP contribution in [0, 0.1) is 5.92 Å². The van der Waals surface area contributed by atoms with Crippen LogP contribution in [0.15, 0.2) is 35.7 Å². The zero-order valence-corrected chi connectivity index (χ0v) is 14.3. The molecule has 3 rings (SSSR count). The minimum Gasteiger partial charge on any atom is -0.508 e. The highest BCUT2D eigenvalue weighted by Crippen LogP contribution is 2.35. The fourth-order valence-electron chi connectivity index (χ4n) is 3.67. The number of thiophene rings is 1. The van der Waals surface area contributed by atoms with E-state index in [1.165, 1.54) is 22.5 Å². The van der Waals surface area contributed by atoms with E-state index in [1.54, 1.807) is 0 Å². The summed E-state index contributed by atoms with van der Waals surface area (Å²) < 4.78 is 0. The van der Waals surface area contributed by atoms with Gasteiger partial charge in [-0.3, -0.25) is 0 Å². The molecule has 0 saturated heterocycles. The molecular formula is C19H25NOS. The lowest BCUT2D eigenvalue weighted by Crippen LogP contribution is -2.41. The Bertz CT molecular complexity index is 608. The summed E-state index contributed by atoms with van der Waals surface area (Å²) in [5, 5.41) is 13.6. The average Bonchev–Trinajstić information content (AvgIpc) is 3.06. The Kier molecular flexibility index (Phi) is 4.72.